The van der Waals surface area contributed by atoms with E-state index in [1.165, 1.54) is 5.69 Å². The van der Waals surface area contributed by atoms with Crippen molar-refractivity contribution < 1.29 is 19.0 Å². The number of aromatic nitrogens is 1. The number of hydrogen-bond donors (Lipinski definition) is 1. The zero-order valence-corrected chi connectivity index (χ0v) is 21.4. The molecule has 3 aromatic rings. The average Bonchev–Trinajstić information content (AvgIpc) is 3.22. The second-order valence-electron chi connectivity index (χ2n) is 9.99. The van der Waals surface area contributed by atoms with Crippen LogP contribution in [0.4, 0.5) is 0 Å². The van der Waals surface area contributed by atoms with Gasteiger partial charge in [-0.25, -0.2) is 0 Å². The molecular weight excluding hydrogens is 440 g/mol. The highest BCUT2D eigenvalue weighted by molar-refractivity contribution is 5.84. The smallest absolute Gasteiger partial charge is 0.326 e. The first-order valence-electron chi connectivity index (χ1n) is 12.2. The molecule has 0 aliphatic carbocycles. The fourth-order valence-electron chi connectivity index (χ4n) is 4.75. The molecule has 186 valence electrons. The van der Waals surface area contributed by atoms with E-state index < -0.39 is 5.60 Å². The van der Waals surface area contributed by atoms with Crippen molar-refractivity contribution >= 4 is 5.97 Å². The van der Waals surface area contributed by atoms with Gasteiger partial charge in [-0.1, -0.05) is 12.1 Å². The van der Waals surface area contributed by atoms with E-state index in [-0.39, 0.29) is 12.5 Å². The summed E-state index contributed by atoms with van der Waals surface area (Å²) in [6, 6.07) is 18.4. The minimum Gasteiger partial charge on any atom is -0.497 e. The van der Waals surface area contributed by atoms with Crippen LogP contribution in [0.3, 0.4) is 0 Å². The van der Waals surface area contributed by atoms with Gasteiger partial charge in [-0.3, -0.25) is 4.79 Å². The van der Waals surface area contributed by atoms with E-state index in [1.807, 2.05) is 45.0 Å². The molecule has 0 unspecified atom stereocenters. The Balaban J connectivity index is 1.89. The molecule has 2 heterocycles. The van der Waals surface area contributed by atoms with Gasteiger partial charge in [-0.2, -0.15) is 0 Å². The van der Waals surface area contributed by atoms with Crippen LogP contribution in [0.1, 0.15) is 45.2 Å². The highest BCUT2D eigenvalue weighted by atomic mass is 16.6. The van der Waals surface area contributed by atoms with Crippen LogP contribution in [0.15, 0.2) is 54.6 Å². The van der Waals surface area contributed by atoms with E-state index in [0.717, 1.165) is 59.8 Å². The van der Waals surface area contributed by atoms with Crippen LogP contribution in [0.5, 0.6) is 11.5 Å². The monoisotopic (exact) mass is 476 g/mol. The van der Waals surface area contributed by atoms with Crippen LogP contribution in [0, 0.1) is 0 Å². The number of carbonyl (C=O) groups is 1. The van der Waals surface area contributed by atoms with E-state index in [9.17, 15) is 4.79 Å². The normalized spacial score (nSPS) is 14.5. The Hall–Kier alpha value is -3.25. The number of piperidine rings is 1. The van der Waals surface area contributed by atoms with Crippen LogP contribution in [-0.2, 0) is 16.1 Å². The van der Waals surface area contributed by atoms with Gasteiger partial charge in [-0.15, -0.1) is 0 Å². The molecule has 0 saturated carbocycles. The molecule has 1 aromatic heterocycles. The molecule has 1 N–H and O–H groups in total. The largest absolute Gasteiger partial charge is 0.497 e. The van der Waals surface area contributed by atoms with Crippen molar-refractivity contribution in [1.82, 2.24) is 9.88 Å². The van der Waals surface area contributed by atoms with Gasteiger partial charge < -0.3 is 24.1 Å². The van der Waals surface area contributed by atoms with Crippen molar-refractivity contribution in [2.45, 2.75) is 51.7 Å². The lowest BCUT2D eigenvalue weighted by Crippen LogP contribution is -2.30. The van der Waals surface area contributed by atoms with E-state index in [2.05, 4.69) is 40.2 Å². The van der Waals surface area contributed by atoms with E-state index in [4.69, 9.17) is 14.2 Å². The molecule has 1 aliphatic rings. The molecule has 4 rings (SSSR count). The Kier molecular flexibility index (Phi) is 7.51. The summed E-state index contributed by atoms with van der Waals surface area (Å²) in [5.74, 6) is 1.73. The molecule has 6 heteroatoms. The van der Waals surface area contributed by atoms with Gasteiger partial charge in [0.15, 0.2) is 0 Å². The molecule has 0 radical (unpaired) electrons. The molecule has 0 spiro atoms. The third-order valence-electron chi connectivity index (χ3n) is 6.36. The van der Waals surface area contributed by atoms with Crippen molar-refractivity contribution in [1.29, 1.82) is 0 Å². The first-order valence-corrected chi connectivity index (χ1v) is 12.2. The predicted octanol–water partition coefficient (Wildman–Crippen LogP) is 5.65. The predicted molar refractivity (Wildman–Crippen MR) is 139 cm³/mol. The van der Waals surface area contributed by atoms with Crippen molar-refractivity contribution in [2.24, 2.45) is 0 Å². The molecule has 0 bridgehead atoms. The molecule has 0 atom stereocenters. The Morgan fingerprint density at radius 1 is 0.914 bits per heavy atom. The molecule has 35 heavy (non-hydrogen) atoms. The molecule has 1 aliphatic heterocycles. The van der Waals surface area contributed by atoms with Gasteiger partial charge in [0.25, 0.3) is 0 Å². The van der Waals surface area contributed by atoms with Crippen molar-refractivity contribution in [2.75, 3.05) is 27.3 Å². The second-order valence-corrected chi connectivity index (χ2v) is 9.99. The van der Waals surface area contributed by atoms with Gasteiger partial charge in [0, 0.05) is 17.2 Å². The highest BCUT2D eigenvalue weighted by Crippen LogP contribution is 2.40. The maximum absolute atomic E-state index is 13.1. The van der Waals surface area contributed by atoms with Crippen LogP contribution in [-0.4, -0.2) is 43.4 Å². The number of hydrogen-bond acceptors (Lipinski definition) is 5. The molecule has 0 amide bonds. The van der Waals surface area contributed by atoms with E-state index in [1.54, 1.807) is 14.2 Å². The standard InChI is InChI=1S/C29H36N2O4/c1-29(2,3)35-27(32)19-31-26(21-14-16-30-17-15-21)18-25(20-6-10-23(33-4)11-7-20)28(31)22-8-12-24(34-5)13-9-22/h6-13,18,21,30H,14-17,19H2,1-5H3. The van der Waals surface area contributed by atoms with Gasteiger partial charge in [0.05, 0.1) is 19.9 Å². The highest BCUT2D eigenvalue weighted by Gasteiger charge is 2.27. The molecule has 1 saturated heterocycles. The Morgan fingerprint density at radius 3 is 1.97 bits per heavy atom. The van der Waals surface area contributed by atoms with Gasteiger partial charge in [0.2, 0.25) is 0 Å². The quantitative estimate of drug-likeness (QED) is 0.447. The minimum absolute atomic E-state index is 0.161. The molecular formula is C29H36N2O4. The van der Waals surface area contributed by atoms with E-state index in [0.29, 0.717) is 5.92 Å². The first kappa shape index (κ1) is 24.9. The number of benzene rings is 2. The first-order chi connectivity index (χ1) is 16.8. The maximum atomic E-state index is 13.1. The summed E-state index contributed by atoms with van der Waals surface area (Å²) in [6.07, 6.45) is 2.06. The molecule has 2 aromatic carbocycles. The zero-order chi connectivity index (χ0) is 25.0. The Bertz CT molecular complexity index is 1140. The molecule has 6 nitrogen and oxygen atoms in total. The Morgan fingerprint density at radius 2 is 1.46 bits per heavy atom. The average molecular weight is 477 g/mol. The SMILES string of the molecule is COc1ccc(-c2cc(C3CCNCC3)n(CC(=O)OC(C)(C)C)c2-c2ccc(OC)cc2)cc1. The van der Waals surface area contributed by atoms with Crippen LogP contribution in [0.2, 0.25) is 0 Å². The number of rotatable bonds is 7. The van der Waals surface area contributed by atoms with Crippen molar-refractivity contribution in [3.05, 3.63) is 60.3 Å². The summed E-state index contributed by atoms with van der Waals surface area (Å²) in [5, 5.41) is 3.46. The summed E-state index contributed by atoms with van der Waals surface area (Å²) in [4.78, 5) is 13.1. The lowest BCUT2D eigenvalue weighted by molar-refractivity contribution is -0.155. The number of nitrogens with one attached hydrogen (secondary N) is 1. The number of esters is 1. The summed E-state index contributed by atoms with van der Waals surface area (Å²) in [7, 11) is 3.34. The molecule has 1 fully saturated rings. The number of methoxy groups -OCH3 is 2. The minimum atomic E-state index is -0.543. The Labute approximate surface area is 208 Å². The topological polar surface area (TPSA) is 61.7 Å². The third-order valence-corrected chi connectivity index (χ3v) is 6.36. The summed E-state index contributed by atoms with van der Waals surface area (Å²) < 4.78 is 18.7. The summed E-state index contributed by atoms with van der Waals surface area (Å²) in [5.41, 5.74) is 4.84. The second kappa shape index (κ2) is 10.6. The lowest BCUT2D eigenvalue weighted by Gasteiger charge is -2.26. The summed E-state index contributed by atoms with van der Waals surface area (Å²) >= 11 is 0. The fourth-order valence-corrected chi connectivity index (χ4v) is 4.75. The number of ether oxygens (including phenoxy) is 3. The summed E-state index contributed by atoms with van der Waals surface area (Å²) in [6.45, 7) is 7.81. The maximum Gasteiger partial charge on any atom is 0.326 e. The van der Waals surface area contributed by atoms with Crippen molar-refractivity contribution in [3.8, 4) is 33.9 Å². The van der Waals surface area contributed by atoms with Crippen molar-refractivity contribution in [3.63, 3.8) is 0 Å². The zero-order valence-electron chi connectivity index (χ0n) is 21.4. The number of carbonyl (C=O) groups excluding carboxylic acids is 1. The fraction of sp³-hybridized carbons (Fsp3) is 0.414. The van der Waals surface area contributed by atoms with Gasteiger partial charge in [-0.05, 0) is 100 Å². The number of nitrogens with zero attached hydrogens (tertiary/aromatic N) is 1. The van der Waals surface area contributed by atoms with Gasteiger partial charge >= 0.3 is 5.97 Å². The lowest BCUT2D eigenvalue weighted by atomic mass is 9.93. The van der Waals surface area contributed by atoms with E-state index >= 15 is 0 Å². The van der Waals surface area contributed by atoms with Crippen LogP contribution in [0.25, 0.3) is 22.4 Å². The van der Waals surface area contributed by atoms with Crippen LogP contribution >= 0.6 is 0 Å². The van der Waals surface area contributed by atoms with Crippen LogP contribution < -0.4 is 14.8 Å². The van der Waals surface area contributed by atoms with Gasteiger partial charge in [0.1, 0.15) is 23.6 Å². The third kappa shape index (κ3) is 5.88.